The summed E-state index contributed by atoms with van der Waals surface area (Å²) in [5.74, 6) is -0.311. The zero-order valence-electron chi connectivity index (χ0n) is 7.82. The number of halogens is 2. The number of nitrogens with zero attached hydrogens (tertiary/aromatic N) is 2. The molecule has 2 aromatic rings. The molecule has 0 saturated heterocycles. The van der Waals surface area contributed by atoms with Crippen molar-refractivity contribution in [1.29, 1.82) is 0 Å². The van der Waals surface area contributed by atoms with Crippen molar-refractivity contribution >= 4 is 17.3 Å². The molecule has 0 radical (unpaired) electrons. The zero-order chi connectivity index (χ0) is 10.8. The minimum Gasteiger partial charge on any atom is -0.396 e. The highest BCUT2D eigenvalue weighted by atomic mass is 35.5. The fourth-order valence-corrected chi connectivity index (χ4v) is 1.48. The van der Waals surface area contributed by atoms with Gasteiger partial charge in [0.15, 0.2) is 0 Å². The Morgan fingerprint density at radius 1 is 1.47 bits per heavy atom. The number of hydrogen-bond donors (Lipinski definition) is 1. The second-order valence-corrected chi connectivity index (χ2v) is 3.61. The molecule has 1 heterocycles. The maximum absolute atomic E-state index is 12.9. The largest absolute Gasteiger partial charge is 0.396 e. The lowest BCUT2D eigenvalue weighted by Crippen LogP contribution is -2.01. The summed E-state index contributed by atoms with van der Waals surface area (Å²) in [6.07, 6.45) is 3.20. The summed E-state index contributed by atoms with van der Waals surface area (Å²) in [7, 11) is 0. The molecule has 1 aromatic carbocycles. The number of rotatable bonds is 2. The van der Waals surface area contributed by atoms with E-state index < -0.39 is 0 Å². The van der Waals surface area contributed by atoms with Crippen molar-refractivity contribution < 1.29 is 4.39 Å². The Labute approximate surface area is 91.3 Å². The molecular weight excluding hydrogens is 217 g/mol. The molecule has 2 N–H and O–H groups in total. The van der Waals surface area contributed by atoms with Crippen LogP contribution in [0.2, 0.25) is 5.02 Å². The lowest BCUT2D eigenvalue weighted by molar-refractivity contribution is 0.619. The van der Waals surface area contributed by atoms with E-state index in [2.05, 4.69) is 5.10 Å². The van der Waals surface area contributed by atoms with Crippen molar-refractivity contribution in [1.82, 2.24) is 9.78 Å². The molecule has 0 atom stereocenters. The Hall–Kier alpha value is -1.55. The molecule has 15 heavy (non-hydrogen) atoms. The Morgan fingerprint density at radius 2 is 2.27 bits per heavy atom. The summed E-state index contributed by atoms with van der Waals surface area (Å²) in [5, 5.41) is 4.51. The van der Waals surface area contributed by atoms with Crippen LogP contribution in [0.5, 0.6) is 0 Å². The first-order valence-corrected chi connectivity index (χ1v) is 4.75. The fourth-order valence-electron chi connectivity index (χ4n) is 1.31. The minimum absolute atomic E-state index is 0.311. The predicted molar refractivity (Wildman–Crippen MR) is 57.2 cm³/mol. The average molecular weight is 226 g/mol. The zero-order valence-corrected chi connectivity index (χ0v) is 8.58. The van der Waals surface area contributed by atoms with Gasteiger partial charge in [-0.25, -0.2) is 4.39 Å². The lowest BCUT2D eigenvalue weighted by atomic mass is 10.2. The number of anilines is 1. The molecule has 0 spiro atoms. The van der Waals surface area contributed by atoms with Crippen molar-refractivity contribution in [3.8, 4) is 0 Å². The Morgan fingerprint density at radius 3 is 2.93 bits per heavy atom. The monoisotopic (exact) mass is 225 g/mol. The Bertz CT molecular complexity index is 481. The van der Waals surface area contributed by atoms with Gasteiger partial charge in [0.1, 0.15) is 5.82 Å². The van der Waals surface area contributed by atoms with E-state index in [9.17, 15) is 4.39 Å². The maximum atomic E-state index is 12.9. The number of nitrogen functional groups attached to an aromatic ring is 1. The summed E-state index contributed by atoms with van der Waals surface area (Å²) in [6, 6.07) is 4.24. The van der Waals surface area contributed by atoms with E-state index in [0.29, 0.717) is 22.8 Å². The predicted octanol–water partition coefficient (Wildman–Crippen LogP) is 2.31. The van der Waals surface area contributed by atoms with E-state index in [1.54, 1.807) is 10.9 Å². The molecule has 78 valence electrons. The number of nitrogens with two attached hydrogens (primary N) is 1. The van der Waals surface area contributed by atoms with Crippen LogP contribution in [0.4, 0.5) is 10.1 Å². The summed E-state index contributed by atoms with van der Waals surface area (Å²) in [5.41, 5.74) is 6.76. The molecule has 0 saturated carbocycles. The molecule has 1 aromatic heterocycles. The summed E-state index contributed by atoms with van der Waals surface area (Å²) >= 11 is 5.91. The van der Waals surface area contributed by atoms with E-state index in [-0.39, 0.29) is 5.82 Å². The molecule has 5 heteroatoms. The lowest BCUT2D eigenvalue weighted by Gasteiger charge is -2.04. The number of aromatic nitrogens is 2. The van der Waals surface area contributed by atoms with Gasteiger partial charge in [-0.15, -0.1) is 0 Å². The van der Waals surface area contributed by atoms with Gasteiger partial charge in [-0.3, -0.25) is 4.68 Å². The standard InChI is InChI=1S/C10H9ClFN3/c11-10-2-1-8(12)3-7(10)5-15-6-9(13)4-14-15/h1-4,6H,5,13H2. The highest BCUT2D eigenvalue weighted by molar-refractivity contribution is 6.31. The van der Waals surface area contributed by atoms with Gasteiger partial charge in [0.05, 0.1) is 18.4 Å². The molecule has 0 aliphatic heterocycles. The van der Waals surface area contributed by atoms with Gasteiger partial charge in [-0.2, -0.15) is 5.10 Å². The van der Waals surface area contributed by atoms with Crippen LogP contribution in [-0.4, -0.2) is 9.78 Å². The van der Waals surface area contributed by atoms with E-state index >= 15 is 0 Å². The normalized spacial score (nSPS) is 10.5. The van der Waals surface area contributed by atoms with Crippen LogP contribution in [-0.2, 0) is 6.54 Å². The van der Waals surface area contributed by atoms with Crippen LogP contribution < -0.4 is 5.73 Å². The molecular formula is C10H9ClFN3. The first kappa shape index (κ1) is 9.98. The number of hydrogen-bond acceptors (Lipinski definition) is 2. The Balaban J connectivity index is 2.27. The topological polar surface area (TPSA) is 43.8 Å². The van der Waals surface area contributed by atoms with Gasteiger partial charge in [0.2, 0.25) is 0 Å². The van der Waals surface area contributed by atoms with E-state index in [1.165, 1.54) is 24.4 Å². The third kappa shape index (κ3) is 2.27. The first-order chi connectivity index (χ1) is 7.15. The van der Waals surface area contributed by atoms with Crippen LogP contribution in [0, 0.1) is 5.82 Å². The van der Waals surface area contributed by atoms with Gasteiger partial charge in [0, 0.05) is 11.2 Å². The smallest absolute Gasteiger partial charge is 0.123 e. The Kier molecular flexibility index (Phi) is 2.60. The molecule has 0 amide bonds. The van der Waals surface area contributed by atoms with E-state index in [1.807, 2.05) is 0 Å². The van der Waals surface area contributed by atoms with E-state index in [0.717, 1.165) is 0 Å². The average Bonchev–Trinajstić information content (AvgIpc) is 2.58. The van der Waals surface area contributed by atoms with Crippen molar-refractivity contribution in [2.45, 2.75) is 6.54 Å². The third-order valence-corrected chi connectivity index (χ3v) is 2.36. The van der Waals surface area contributed by atoms with Crippen molar-refractivity contribution in [3.63, 3.8) is 0 Å². The van der Waals surface area contributed by atoms with Crippen molar-refractivity contribution in [2.24, 2.45) is 0 Å². The number of benzene rings is 1. The summed E-state index contributed by atoms with van der Waals surface area (Å²) in [6.45, 7) is 0.411. The molecule has 0 aliphatic carbocycles. The first-order valence-electron chi connectivity index (χ1n) is 4.37. The van der Waals surface area contributed by atoms with Crippen LogP contribution >= 0.6 is 11.6 Å². The van der Waals surface area contributed by atoms with E-state index in [4.69, 9.17) is 17.3 Å². The van der Waals surface area contributed by atoms with Gasteiger partial charge in [0.25, 0.3) is 0 Å². The summed E-state index contributed by atoms with van der Waals surface area (Å²) < 4.78 is 14.5. The highest BCUT2D eigenvalue weighted by Gasteiger charge is 2.03. The second-order valence-electron chi connectivity index (χ2n) is 3.21. The maximum Gasteiger partial charge on any atom is 0.123 e. The van der Waals surface area contributed by atoms with Gasteiger partial charge >= 0.3 is 0 Å². The van der Waals surface area contributed by atoms with Crippen molar-refractivity contribution in [3.05, 3.63) is 47.0 Å². The van der Waals surface area contributed by atoms with Crippen LogP contribution in [0.15, 0.2) is 30.6 Å². The molecule has 0 unspecified atom stereocenters. The van der Waals surface area contributed by atoms with Gasteiger partial charge in [-0.1, -0.05) is 11.6 Å². The molecule has 0 aliphatic rings. The van der Waals surface area contributed by atoms with Gasteiger partial charge in [-0.05, 0) is 23.8 Å². The SMILES string of the molecule is Nc1cnn(Cc2cc(F)ccc2Cl)c1. The van der Waals surface area contributed by atoms with Crippen molar-refractivity contribution in [2.75, 3.05) is 5.73 Å². The van der Waals surface area contributed by atoms with Gasteiger partial charge < -0.3 is 5.73 Å². The van der Waals surface area contributed by atoms with Crippen LogP contribution in [0.3, 0.4) is 0 Å². The summed E-state index contributed by atoms with van der Waals surface area (Å²) in [4.78, 5) is 0. The third-order valence-electron chi connectivity index (χ3n) is 1.99. The molecule has 3 nitrogen and oxygen atoms in total. The fraction of sp³-hybridized carbons (Fsp3) is 0.100. The molecule has 0 fully saturated rings. The quantitative estimate of drug-likeness (QED) is 0.853. The minimum atomic E-state index is -0.311. The second kappa shape index (κ2) is 3.90. The highest BCUT2D eigenvalue weighted by Crippen LogP contribution is 2.18. The molecule has 0 bridgehead atoms. The van der Waals surface area contributed by atoms with Crippen LogP contribution in [0.1, 0.15) is 5.56 Å². The molecule has 2 rings (SSSR count). The van der Waals surface area contributed by atoms with Crippen LogP contribution in [0.25, 0.3) is 0 Å².